The second-order valence-corrected chi connectivity index (χ2v) is 6.86. The normalized spacial score (nSPS) is 26.9. The van der Waals surface area contributed by atoms with Gasteiger partial charge in [0, 0.05) is 18.7 Å². The molecule has 120 valence electrons. The molecule has 1 aliphatic carbocycles. The third-order valence-corrected chi connectivity index (χ3v) is 5.62. The van der Waals surface area contributed by atoms with Crippen LogP contribution in [-0.2, 0) is 17.7 Å². The maximum absolute atomic E-state index is 11.3. The van der Waals surface area contributed by atoms with Crippen LogP contribution in [0.15, 0.2) is 54.6 Å². The number of hydrogen-bond acceptors (Lipinski definition) is 3. The SMILES string of the molecule is OC1(c2ccccc2)CCN(C2(O)CCc3ccccc32)CC1. The largest absolute Gasteiger partial charge is 0.385 e. The van der Waals surface area contributed by atoms with Crippen LogP contribution in [0.5, 0.6) is 0 Å². The van der Waals surface area contributed by atoms with Gasteiger partial charge in [-0.3, -0.25) is 4.90 Å². The van der Waals surface area contributed by atoms with E-state index >= 15 is 0 Å². The summed E-state index contributed by atoms with van der Waals surface area (Å²) >= 11 is 0. The summed E-state index contributed by atoms with van der Waals surface area (Å²) in [7, 11) is 0. The van der Waals surface area contributed by atoms with Crippen molar-refractivity contribution in [2.45, 2.75) is 37.0 Å². The van der Waals surface area contributed by atoms with Crippen molar-refractivity contribution in [1.29, 1.82) is 0 Å². The van der Waals surface area contributed by atoms with E-state index in [1.807, 2.05) is 48.5 Å². The van der Waals surface area contributed by atoms with Crippen LogP contribution in [0.1, 0.15) is 36.0 Å². The van der Waals surface area contributed by atoms with E-state index in [-0.39, 0.29) is 0 Å². The van der Waals surface area contributed by atoms with E-state index < -0.39 is 11.3 Å². The lowest BCUT2D eigenvalue weighted by Crippen LogP contribution is -2.52. The number of aliphatic hydroxyl groups is 2. The lowest BCUT2D eigenvalue weighted by Gasteiger charge is -2.45. The molecular weight excluding hydrogens is 286 g/mol. The fourth-order valence-electron chi connectivity index (χ4n) is 4.18. The summed E-state index contributed by atoms with van der Waals surface area (Å²) in [4.78, 5) is 2.15. The van der Waals surface area contributed by atoms with Gasteiger partial charge in [0.15, 0.2) is 0 Å². The van der Waals surface area contributed by atoms with E-state index in [4.69, 9.17) is 0 Å². The average Bonchev–Trinajstić information content (AvgIpc) is 2.95. The van der Waals surface area contributed by atoms with Gasteiger partial charge in [0.05, 0.1) is 5.60 Å². The van der Waals surface area contributed by atoms with Gasteiger partial charge in [-0.25, -0.2) is 0 Å². The molecule has 1 unspecified atom stereocenters. The quantitative estimate of drug-likeness (QED) is 0.896. The Morgan fingerprint density at radius 1 is 0.783 bits per heavy atom. The number of rotatable bonds is 2. The van der Waals surface area contributed by atoms with Crippen LogP contribution >= 0.6 is 0 Å². The number of piperidine rings is 1. The highest BCUT2D eigenvalue weighted by molar-refractivity contribution is 5.37. The van der Waals surface area contributed by atoms with Gasteiger partial charge in [-0.15, -0.1) is 0 Å². The van der Waals surface area contributed by atoms with Crippen LogP contribution in [-0.4, -0.2) is 28.2 Å². The monoisotopic (exact) mass is 309 g/mol. The first kappa shape index (κ1) is 14.9. The Morgan fingerprint density at radius 2 is 1.43 bits per heavy atom. The zero-order valence-corrected chi connectivity index (χ0v) is 13.3. The van der Waals surface area contributed by atoms with Gasteiger partial charge in [-0.05, 0) is 36.8 Å². The molecule has 2 aliphatic rings. The molecule has 0 radical (unpaired) electrons. The van der Waals surface area contributed by atoms with Crippen LogP contribution in [0.3, 0.4) is 0 Å². The topological polar surface area (TPSA) is 43.7 Å². The smallest absolute Gasteiger partial charge is 0.145 e. The molecule has 2 aromatic rings. The Hall–Kier alpha value is -1.68. The van der Waals surface area contributed by atoms with Crippen LogP contribution in [0, 0.1) is 0 Å². The number of likely N-dealkylation sites (tertiary alicyclic amines) is 1. The summed E-state index contributed by atoms with van der Waals surface area (Å²) in [6, 6.07) is 18.1. The molecule has 1 atom stereocenters. The third-order valence-electron chi connectivity index (χ3n) is 5.62. The standard InChI is InChI=1S/C20H23NO2/c22-19(17-7-2-1-3-8-17)12-14-21(15-13-19)20(23)11-10-16-6-4-5-9-18(16)20/h1-9,22-23H,10-15H2. The molecule has 1 heterocycles. The fourth-order valence-corrected chi connectivity index (χ4v) is 4.18. The molecule has 3 nitrogen and oxygen atoms in total. The Kier molecular flexibility index (Phi) is 3.52. The maximum Gasteiger partial charge on any atom is 0.145 e. The fraction of sp³-hybridized carbons (Fsp3) is 0.400. The molecule has 0 aromatic heterocycles. The van der Waals surface area contributed by atoms with Gasteiger partial charge in [-0.1, -0.05) is 54.6 Å². The van der Waals surface area contributed by atoms with Crippen LogP contribution in [0.2, 0.25) is 0 Å². The van der Waals surface area contributed by atoms with Crippen molar-refractivity contribution in [3.05, 3.63) is 71.3 Å². The van der Waals surface area contributed by atoms with Crippen molar-refractivity contribution in [2.24, 2.45) is 0 Å². The van der Waals surface area contributed by atoms with Gasteiger partial charge < -0.3 is 10.2 Å². The zero-order chi connectivity index (χ0) is 15.9. The molecule has 23 heavy (non-hydrogen) atoms. The summed E-state index contributed by atoms with van der Waals surface area (Å²) in [5.41, 5.74) is 1.64. The second kappa shape index (κ2) is 5.45. The van der Waals surface area contributed by atoms with Crippen LogP contribution in [0.25, 0.3) is 0 Å². The lowest BCUT2D eigenvalue weighted by molar-refractivity contribution is -0.149. The molecule has 0 spiro atoms. The molecule has 2 aromatic carbocycles. The van der Waals surface area contributed by atoms with Gasteiger partial charge in [0.25, 0.3) is 0 Å². The number of hydrogen-bond donors (Lipinski definition) is 2. The number of nitrogens with zero attached hydrogens (tertiary/aromatic N) is 1. The van der Waals surface area contributed by atoms with E-state index in [2.05, 4.69) is 11.0 Å². The molecule has 2 N–H and O–H groups in total. The molecule has 0 amide bonds. The van der Waals surface area contributed by atoms with Gasteiger partial charge in [0.1, 0.15) is 5.72 Å². The molecular formula is C20H23NO2. The molecule has 0 bridgehead atoms. The summed E-state index contributed by atoms with van der Waals surface area (Å²) in [5, 5.41) is 22.2. The van der Waals surface area contributed by atoms with Crippen molar-refractivity contribution in [3.8, 4) is 0 Å². The molecule has 0 saturated carbocycles. The zero-order valence-electron chi connectivity index (χ0n) is 13.3. The van der Waals surface area contributed by atoms with E-state index in [0.29, 0.717) is 25.9 Å². The maximum atomic E-state index is 11.3. The Morgan fingerprint density at radius 3 is 2.17 bits per heavy atom. The Balaban J connectivity index is 1.55. The van der Waals surface area contributed by atoms with Crippen molar-refractivity contribution in [2.75, 3.05) is 13.1 Å². The first-order valence-electron chi connectivity index (χ1n) is 8.46. The molecule has 1 aliphatic heterocycles. The number of aryl methyl sites for hydroxylation is 1. The van der Waals surface area contributed by atoms with Crippen molar-refractivity contribution < 1.29 is 10.2 Å². The minimum atomic E-state index is -0.866. The summed E-state index contributed by atoms with van der Waals surface area (Å²) in [6.07, 6.45) is 2.98. The average molecular weight is 309 g/mol. The van der Waals surface area contributed by atoms with Crippen LogP contribution < -0.4 is 0 Å². The summed E-state index contributed by atoms with van der Waals surface area (Å²) in [5.74, 6) is 0. The third kappa shape index (κ3) is 2.40. The first-order chi connectivity index (χ1) is 11.1. The predicted octanol–water partition coefficient (Wildman–Crippen LogP) is 2.76. The first-order valence-corrected chi connectivity index (χ1v) is 8.46. The van der Waals surface area contributed by atoms with Crippen molar-refractivity contribution >= 4 is 0 Å². The Bertz CT molecular complexity index is 692. The van der Waals surface area contributed by atoms with E-state index in [1.54, 1.807) is 0 Å². The molecule has 3 heteroatoms. The second-order valence-electron chi connectivity index (χ2n) is 6.86. The summed E-state index contributed by atoms with van der Waals surface area (Å²) < 4.78 is 0. The lowest BCUT2D eigenvalue weighted by atomic mass is 9.83. The minimum absolute atomic E-state index is 0.654. The van der Waals surface area contributed by atoms with Gasteiger partial charge >= 0.3 is 0 Å². The summed E-state index contributed by atoms with van der Waals surface area (Å²) in [6.45, 7) is 1.41. The minimum Gasteiger partial charge on any atom is -0.385 e. The van der Waals surface area contributed by atoms with Gasteiger partial charge in [0.2, 0.25) is 0 Å². The molecule has 1 fully saturated rings. The predicted molar refractivity (Wildman–Crippen MR) is 89.8 cm³/mol. The highest BCUT2D eigenvalue weighted by Gasteiger charge is 2.45. The van der Waals surface area contributed by atoms with Crippen LogP contribution in [0.4, 0.5) is 0 Å². The van der Waals surface area contributed by atoms with Gasteiger partial charge in [-0.2, -0.15) is 0 Å². The molecule has 4 rings (SSSR count). The highest BCUT2D eigenvalue weighted by atomic mass is 16.3. The molecule has 1 saturated heterocycles. The Labute approximate surface area is 137 Å². The van der Waals surface area contributed by atoms with E-state index in [1.165, 1.54) is 5.56 Å². The van der Waals surface area contributed by atoms with Crippen molar-refractivity contribution in [3.63, 3.8) is 0 Å². The van der Waals surface area contributed by atoms with E-state index in [0.717, 1.165) is 24.0 Å². The highest BCUT2D eigenvalue weighted by Crippen LogP contribution is 2.43. The number of fused-ring (bicyclic) bond motifs is 1. The van der Waals surface area contributed by atoms with Crippen molar-refractivity contribution in [1.82, 2.24) is 4.90 Å². The number of benzene rings is 2. The van der Waals surface area contributed by atoms with E-state index in [9.17, 15) is 10.2 Å².